The number of hydrogen-bond donors (Lipinski definition) is 1. The molecular weight excluding hydrogens is 410 g/mol. The molecule has 0 radical (unpaired) electrons. The second-order valence-electron chi connectivity index (χ2n) is 7.84. The van der Waals surface area contributed by atoms with E-state index in [0.717, 1.165) is 41.1 Å². The monoisotopic (exact) mass is 432 g/mol. The number of nitrogens with one attached hydrogen (secondary N) is 1. The molecule has 8 heteroatoms. The Kier molecular flexibility index (Phi) is 5.14. The number of hydrogen-bond acceptors (Lipinski definition) is 5. The Hall–Kier alpha value is -3.65. The molecule has 0 amide bonds. The molecule has 162 valence electrons. The van der Waals surface area contributed by atoms with Gasteiger partial charge in [-0.1, -0.05) is 6.58 Å². The Balaban J connectivity index is 1.54. The second-order valence-corrected chi connectivity index (χ2v) is 7.84. The van der Waals surface area contributed by atoms with Gasteiger partial charge in [0.1, 0.15) is 6.33 Å². The fraction of sp³-hybridized carbons (Fsp3) is 0.208. The lowest BCUT2D eigenvalue weighted by Crippen LogP contribution is -2.44. The van der Waals surface area contributed by atoms with Crippen LogP contribution in [0.2, 0.25) is 0 Å². The summed E-state index contributed by atoms with van der Waals surface area (Å²) in [6, 6.07) is 8.64. The Bertz CT molecular complexity index is 1320. The van der Waals surface area contributed by atoms with Gasteiger partial charge in [-0.3, -0.25) is 4.98 Å². The van der Waals surface area contributed by atoms with E-state index in [1.165, 1.54) is 12.4 Å². The van der Waals surface area contributed by atoms with Gasteiger partial charge in [0.05, 0.1) is 5.69 Å². The molecule has 3 aromatic heterocycles. The second kappa shape index (κ2) is 8.12. The van der Waals surface area contributed by atoms with Crippen molar-refractivity contribution < 1.29 is 8.78 Å². The van der Waals surface area contributed by atoms with Crippen molar-refractivity contribution in [3.63, 3.8) is 0 Å². The van der Waals surface area contributed by atoms with Crippen LogP contribution in [0.25, 0.3) is 22.3 Å². The van der Waals surface area contributed by atoms with Crippen molar-refractivity contribution in [2.45, 2.75) is 6.92 Å². The number of piperazine rings is 1. The minimum absolute atomic E-state index is 0.277. The smallest absolute Gasteiger partial charge is 0.182 e. The average molecular weight is 432 g/mol. The molecule has 0 atom stereocenters. The topological polar surface area (TPSA) is 58.4 Å². The van der Waals surface area contributed by atoms with Crippen molar-refractivity contribution in [1.29, 1.82) is 0 Å². The highest BCUT2D eigenvalue weighted by atomic mass is 19.2. The summed E-state index contributed by atoms with van der Waals surface area (Å²) in [7, 11) is 0. The van der Waals surface area contributed by atoms with E-state index in [4.69, 9.17) is 0 Å². The number of nitrogens with zero attached hydrogens (tertiary/aromatic N) is 5. The highest BCUT2D eigenvalue weighted by molar-refractivity contribution is 5.82. The van der Waals surface area contributed by atoms with Crippen LogP contribution in [0.1, 0.15) is 16.8 Å². The highest BCUT2D eigenvalue weighted by Gasteiger charge is 2.20. The van der Waals surface area contributed by atoms with E-state index in [9.17, 15) is 8.78 Å². The number of fused-ring (bicyclic) bond motifs is 1. The fourth-order valence-electron chi connectivity index (χ4n) is 4.02. The van der Waals surface area contributed by atoms with E-state index >= 15 is 0 Å². The minimum Gasteiger partial charge on any atom is -0.367 e. The molecule has 0 unspecified atom stereocenters. The Labute approximate surface area is 184 Å². The number of aryl methyl sites for hydroxylation is 1. The van der Waals surface area contributed by atoms with Gasteiger partial charge in [0.25, 0.3) is 0 Å². The summed E-state index contributed by atoms with van der Waals surface area (Å²) >= 11 is 0. The first-order chi connectivity index (χ1) is 15.5. The van der Waals surface area contributed by atoms with E-state index in [1.54, 1.807) is 16.8 Å². The van der Waals surface area contributed by atoms with Crippen molar-refractivity contribution >= 4 is 16.9 Å². The van der Waals surface area contributed by atoms with Crippen molar-refractivity contribution in [2.75, 3.05) is 31.1 Å². The number of pyridine rings is 2. The summed E-state index contributed by atoms with van der Waals surface area (Å²) in [5.41, 5.74) is 5.55. The van der Waals surface area contributed by atoms with Crippen molar-refractivity contribution in [3.8, 4) is 11.1 Å². The van der Waals surface area contributed by atoms with Gasteiger partial charge in [0.2, 0.25) is 0 Å². The van der Waals surface area contributed by atoms with E-state index in [1.807, 2.05) is 36.2 Å². The lowest BCUT2D eigenvalue weighted by Gasteiger charge is -2.30. The molecule has 0 aliphatic carbocycles. The molecule has 1 aromatic carbocycles. The maximum absolute atomic E-state index is 14.6. The van der Waals surface area contributed by atoms with Crippen LogP contribution in [0.3, 0.4) is 0 Å². The van der Waals surface area contributed by atoms with Crippen LogP contribution in [-0.2, 0) is 0 Å². The van der Waals surface area contributed by atoms with Gasteiger partial charge in [-0.15, -0.1) is 0 Å². The van der Waals surface area contributed by atoms with Crippen LogP contribution >= 0.6 is 0 Å². The van der Waals surface area contributed by atoms with Crippen LogP contribution in [0.4, 0.5) is 14.5 Å². The molecule has 4 heterocycles. The fourth-order valence-corrected chi connectivity index (χ4v) is 4.02. The zero-order chi connectivity index (χ0) is 22.2. The Morgan fingerprint density at radius 3 is 2.69 bits per heavy atom. The van der Waals surface area contributed by atoms with E-state index in [-0.39, 0.29) is 5.69 Å². The molecule has 0 saturated carbocycles. The first kappa shape index (κ1) is 20.3. The Morgan fingerprint density at radius 2 is 1.88 bits per heavy atom. The van der Waals surface area contributed by atoms with E-state index in [2.05, 4.69) is 27.0 Å². The number of rotatable bonds is 4. The van der Waals surface area contributed by atoms with Crippen LogP contribution in [0.15, 0.2) is 55.6 Å². The quantitative estimate of drug-likeness (QED) is 0.531. The molecule has 1 N–H and O–H groups in total. The summed E-state index contributed by atoms with van der Waals surface area (Å²) < 4.78 is 30.8. The molecule has 1 saturated heterocycles. The number of halogens is 2. The van der Waals surface area contributed by atoms with Gasteiger partial charge < -0.3 is 10.2 Å². The van der Waals surface area contributed by atoms with Gasteiger partial charge in [-0.25, -0.2) is 18.3 Å². The van der Waals surface area contributed by atoms with Gasteiger partial charge in [-0.2, -0.15) is 5.10 Å². The number of benzene rings is 1. The van der Waals surface area contributed by atoms with Gasteiger partial charge in [-0.05, 0) is 48.4 Å². The molecule has 1 aliphatic rings. The van der Waals surface area contributed by atoms with Crippen molar-refractivity contribution in [3.05, 3.63) is 84.1 Å². The largest absolute Gasteiger partial charge is 0.367 e. The maximum Gasteiger partial charge on any atom is 0.182 e. The predicted molar refractivity (Wildman–Crippen MR) is 121 cm³/mol. The lowest BCUT2D eigenvalue weighted by atomic mass is 9.96. The van der Waals surface area contributed by atoms with Crippen LogP contribution in [0.5, 0.6) is 0 Å². The molecular formula is C24H22F2N6. The zero-order valence-electron chi connectivity index (χ0n) is 17.6. The van der Waals surface area contributed by atoms with E-state index < -0.39 is 11.6 Å². The zero-order valence-corrected chi connectivity index (χ0v) is 17.6. The van der Waals surface area contributed by atoms with Crippen LogP contribution in [0, 0.1) is 18.6 Å². The van der Waals surface area contributed by atoms with Crippen LogP contribution in [-0.4, -0.2) is 45.8 Å². The first-order valence-corrected chi connectivity index (χ1v) is 10.4. The molecule has 4 aromatic rings. The molecule has 32 heavy (non-hydrogen) atoms. The SMILES string of the molecule is C=C(c1ccc2ncnn2c1)c1cc(-c2cc(F)c(F)c(N3CCNCC3)c2)cnc1C. The molecule has 5 rings (SSSR count). The highest BCUT2D eigenvalue weighted by Crippen LogP contribution is 2.32. The molecule has 1 aliphatic heterocycles. The van der Waals surface area contributed by atoms with Crippen molar-refractivity contribution in [1.82, 2.24) is 24.9 Å². The molecule has 6 nitrogen and oxygen atoms in total. The summed E-state index contributed by atoms with van der Waals surface area (Å²) in [6.07, 6.45) is 5.03. The standard InChI is InChI=1S/C24H22F2N6/c1-15(17-3-4-23-29-14-30-32(23)13-17)20-9-19(12-28-16(20)2)18-10-21(25)24(26)22(11-18)31-7-5-27-6-8-31/h3-4,9-14,27H,1,5-8H2,2H3. The third-order valence-corrected chi connectivity index (χ3v) is 5.83. The summed E-state index contributed by atoms with van der Waals surface area (Å²) in [5.74, 6) is -1.69. The summed E-state index contributed by atoms with van der Waals surface area (Å²) in [6.45, 7) is 8.87. The predicted octanol–water partition coefficient (Wildman–Crippen LogP) is 3.85. The normalized spacial score (nSPS) is 14.2. The third kappa shape index (κ3) is 3.62. The Morgan fingerprint density at radius 1 is 1.06 bits per heavy atom. The van der Waals surface area contributed by atoms with E-state index in [0.29, 0.717) is 24.2 Å². The van der Waals surface area contributed by atoms with Gasteiger partial charge in [0, 0.05) is 61.0 Å². The number of aromatic nitrogens is 4. The number of anilines is 1. The molecule has 1 fully saturated rings. The first-order valence-electron chi connectivity index (χ1n) is 10.4. The van der Waals surface area contributed by atoms with Gasteiger partial charge in [0.15, 0.2) is 17.3 Å². The third-order valence-electron chi connectivity index (χ3n) is 5.83. The van der Waals surface area contributed by atoms with Gasteiger partial charge >= 0.3 is 0 Å². The maximum atomic E-state index is 14.6. The molecule has 0 bridgehead atoms. The van der Waals surface area contributed by atoms with Crippen LogP contribution < -0.4 is 10.2 Å². The molecule has 0 spiro atoms. The summed E-state index contributed by atoms with van der Waals surface area (Å²) in [4.78, 5) is 10.5. The lowest BCUT2D eigenvalue weighted by molar-refractivity contribution is 0.500. The van der Waals surface area contributed by atoms with Crippen molar-refractivity contribution in [2.24, 2.45) is 0 Å². The minimum atomic E-state index is -0.867. The summed E-state index contributed by atoms with van der Waals surface area (Å²) in [5, 5.41) is 7.41. The average Bonchev–Trinajstić information content (AvgIpc) is 3.29.